The molecule has 2 aliphatic rings. The zero-order valence-corrected chi connectivity index (χ0v) is 26.4. The van der Waals surface area contributed by atoms with Crippen molar-refractivity contribution in [1.29, 1.82) is 0 Å². The monoisotopic (exact) mass is 628 g/mol. The summed E-state index contributed by atoms with van der Waals surface area (Å²) < 4.78 is 13.3. The summed E-state index contributed by atoms with van der Waals surface area (Å²) in [6, 6.07) is 58.7. The predicted octanol–water partition coefficient (Wildman–Crippen LogP) is 11.2. The predicted molar refractivity (Wildman–Crippen MR) is 193 cm³/mol. The smallest absolute Gasteiger partial charge is 0.160 e. The summed E-state index contributed by atoms with van der Waals surface area (Å²) in [6.07, 6.45) is 0. The fraction of sp³-hybridized carbons (Fsp3) is 0.0222. The summed E-state index contributed by atoms with van der Waals surface area (Å²) in [6.45, 7) is 0. The zero-order valence-electron chi connectivity index (χ0n) is 26.4. The molecule has 3 heterocycles. The van der Waals surface area contributed by atoms with Crippen LogP contribution in [0.15, 0.2) is 174 Å². The Morgan fingerprint density at radius 1 is 0.388 bits per heavy atom. The van der Waals surface area contributed by atoms with Gasteiger partial charge in [0.05, 0.1) is 11.1 Å². The number of para-hydroxylation sites is 1. The fourth-order valence-electron chi connectivity index (χ4n) is 7.69. The highest BCUT2D eigenvalue weighted by Crippen LogP contribution is 2.62. The Morgan fingerprint density at radius 2 is 0.959 bits per heavy atom. The third-order valence-electron chi connectivity index (χ3n) is 9.82. The topological polar surface area (TPSA) is 48.2 Å². The van der Waals surface area contributed by atoms with E-state index in [9.17, 15) is 0 Å². The molecule has 8 aromatic rings. The number of hydrogen-bond donors (Lipinski definition) is 0. The van der Waals surface area contributed by atoms with Crippen LogP contribution in [0.1, 0.15) is 22.3 Å². The van der Waals surface area contributed by atoms with Gasteiger partial charge in [-0.3, -0.25) is 0 Å². The van der Waals surface area contributed by atoms with Crippen molar-refractivity contribution in [3.8, 4) is 68.0 Å². The lowest BCUT2D eigenvalue weighted by molar-refractivity contribution is 0.436. The number of furan rings is 1. The molecule has 0 unspecified atom stereocenters. The van der Waals surface area contributed by atoms with E-state index in [0.29, 0.717) is 11.6 Å². The second kappa shape index (κ2) is 10.8. The van der Waals surface area contributed by atoms with Crippen molar-refractivity contribution in [3.05, 3.63) is 192 Å². The van der Waals surface area contributed by atoms with Crippen LogP contribution >= 0.6 is 0 Å². The molecule has 4 heteroatoms. The van der Waals surface area contributed by atoms with Crippen LogP contribution in [0, 0.1) is 0 Å². The molecule has 0 radical (unpaired) electrons. The van der Waals surface area contributed by atoms with Gasteiger partial charge < -0.3 is 9.15 Å². The van der Waals surface area contributed by atoms with Crippen LogP contribution in [0.3, 0.4) is 0 Å². The molecule has 6 aromatic carbocycles. The molecule has 0 N–H and O–H groups in total. The van der Waals surface area contributed by atoms with Crippen molar-refractivity contribution in [3.63, 3.8) is 0 Å². The fourth-order valence-corrected chi connectivity index (χ4v) is 7.69. The number of nitrogens with zero attached hydrogens (tertiary/aromatic N) is 2. The molecule has 1 aliphatic heterocycles. The lowest BCUT2D eigenvalue weighted by Gasteiger charge is -2.39. The summed E-state index contributed by atoms with van der Waals surface area (Å²) >= 11 is 0. The molecular weight excluding hydrogens is 601 g/mol. The van der Waals surface area contributed by atoms with Gasteiger partial charge in [0.1, 0.15) is 23.0 Å². The van der Waals surface area contributed by atoms with E-state index in [1.54, 1.807) is 0 Å². The maximum absolute atomic E-state index is 6.71. The summed E-state index contributed by atoms with van der Waals surface area (Å²) in [4.78, 5) is 9.89. The molecule has 2 aromatic heterocycles. The van der Waals surface area contributed by atoms with Crippen LogP contribution in [0.4, 0.5) is 0 Å². The maximum Gasteiger partial charge on any atom is 0.160 e. The van der Waals surface area contributed by atoms with Gasteiger partial charge in [0.2, 0.25) is 0 Å². The van der Waals surface area contributed by atoms with Gasteiger partial charge in [-0.25, -0.2) is 9.97 Å². The molecule has 0 fully saturated rings. The summed E-state index contributed by atoms with van der Waals surface area (Å²) in [7, 11) is 0. The van der Waals surface area contributed by atoms with Crippen LogP contribution in [-0.2, 0) is 5.41 Å². The number of ether oxygens (including phenoxy) is 1. The van der Waals surface area contributed by atoms with Gasteiger partial charge in [-0.2, -0.15) is 0 Å². The normalized spacial score (nSPS) is 13.2. The standard InChI is InChI=1S/C45H28N2O2/c1-3-13-29(14-4-1)38-28-39(47-44(46-38)30-15-5-2-6-16-30)42-26-25-40(48-42)31-23-24-37-43(27-31)49-41-22-12-11-21-36(41)45(37)34-19-9-7-17-32(34)33-18-8-10-20-35(33)45/h1-28H. The minimum absolute atomic E-state index is 0.493. The lowest BCUT2D eigenvalue weighted by atomic mass is 9.66. The first-order valence-corrected chi connectivity index (χ1v) is 16.5. The molecule has 1 aliphatic carbocycles. The van der Waals surface area contributed by atoms with Crippen LogP contribution < -0.4 is 4.74 Å². The van der Waals surface area contributed by atoms with Crippen molar-refractivity contribution in [1.82, 2.24) is 9.97 Å². The molecule has 0 saturated carbocycles. The molecule has 0 atom stereocenters. The number of rotatable bonds is 4. The van der Waals surface area contributed by atoms with Gasteiger partial charge in [0, 0.05) is 27.8 Å². The Kier molecular flexibility index (Phi) is 6.06. The minimum atomic E-state index is -0.493. The average Bonchev–Trinajstić information content (AvgIpc) is 3.78. The number of aromatic nitrogens is 2. The van der Waals surface area contributed by atoms with Gasteiger partial charge in [-0.1, -0.05) is 140 Å². The van der Waals surface area contributed by atoms with E-state index in [1.807, 2.05) is 72.8 Å². The third kappa shape index (κ3) is 4.17. The van der Waals surface area contributed by atoms with E-state index >= 15 is 0 Å². The largest absolute Gasteiger partial charge is 0.457 e. The van der Waals surface area contributed by atoms with Gasteiger partial charge >= 0.3 is 0 Å². The van der Waals surface area contributed by atoms with Gasteiger partial charge in [0.25, 0.3) is 0 Å². The Morgan fingerprint density at radius 3 is 1.69 bits per heavy atom. The summed E-state index contributed by atoms with van der Waals surface area (Å²) in [5.41, 5.74) is 11.3. The molecule has 10 rings (SSSR count). The van der Waals surface area contributed by atoms with E-state index < -0.39 is 5.41 Å². The molecule has 1 spiro atoms. The Bertz CT molecular complexity index is 2430. The van der Waals surface area contributed by atoms with E-state index in [2.05, 4.69) is 97.1 Å². The highest BCUT2D eigenvalue weighted by molar-refractivity contribution is 5.89. The van der Waals surface area contributed by atoms with E-state index in [-0.39, 0.29) is 0 Å². The van der Waals surface area contributed by atoms with Gasteiger partial charge in [0.15, 0.2) is 11.6 Å². The second-order valence-corrected chi connectivity index (χ2v) is 12.5. The van der Waals surface area contributed by atoms with Crippen molar-refractivity contribution < 1.29 is 9.15 Å². The molecule has 230 valence electrons. The van der Waals surface area contributed by atoms with E-state index in [0.717, 1.165) is 56.5 Å². The Hall–Kier alpha value is -6.52. The van der Waals surface area contributed by atoms with Crippen molar-refractivity contribution in [2.45, 2.75) is 5.41 Å². The Balaban J connectivity index is 1.11. The maximum atomic E-state index is 6.71. The molecule has 0 amide bonds. The SMILES string of the molecule is c1ccc(-c2cc(-c3ccc(-c4ccc5c(c4)Oc4ccccc4C54c5ccccc5-c5ccccc54)o3)nc(-c3ccccc3)n2)cc1. The van der Waals surface area contributed by atoms with Crippen LogP contribution in [-0.4, -0.2) is 9.97 Å². The first-order chi connectivity index (χ1) is 24.3. The Labute approximate surface area is 284 Å². The van der Waals surface area contributed by atoms with Crippen LogP contribution in [0.2, 0.25) is 0 Å². The number of benzene rings is 6. The van der Waals surface area contributed by atoms with Crippen molar-refractivity contribution >= 4 is 0 Å². The number of fused-ring (bicyclic) bond motifs is 9. The third-order valence-corrected chi connectivity index (χ3v) is 9.82. The van der Waals surface area contributed by atoms with E-state index in [4.69, 9.17) is 19.1 Å². The van der Waals surface area contributed by atoms with Crippen LogP contribution in [0.25, 0.3) is 56.6 Å². The summed E-state index contributed by atoms with van der Waals surface area (Å²) in [5, 5.41) is 0. The molecular formula is C45H28N2O2. The van der Waals surface area contributed by atoms with Crippen molar-refractivity contribution in [2.75, 3.05) is 0 Å². The summed E-state index contributed by atoms with van der Waals surface area (Å²) in [5.74, 6) is 3.74. The number of hydrogen-bond acceptors (Lipinski definition) is 4. The molecule has 49 heavy (non-hydrogen) atoms. The molecule has 0 saturated heterocycles. The first-order valence-electron chi connectivity index (χ1n) is 16.5. The highest BCUT2D eigenvalue weighted by Gasteiger charge is 2.50. The average molecular weight is 629 g/mol. The van der Waals surface area contributed by atoms with E-state index in [1.165, 1.54) is 22.3 Å². The van der Waals surface area contributed by atoms with Crippen molar-refractivity contribution in [2.24, 2.45) is 0 Å². The zero-order chi connectivity index (χ0) is 32.4. The van der Waals surface area contributed by atoms with Gasteiger partial charge in [-0.15, -0.1) is 0 Å². The second-order valence-electron chi connectivity index (χ2n) is 12.5. The highest BCUT2D eigenvalue weighted by atomic mass is 16.5. The lowest BCUT2D eigenvalue weighted by Crippen LogP contribution is -2.32. The molecule has 4 nitrogen and oxygen atoms in total. The first kappa shape index (κ1) is 27.6. The van der Waals surface area contributed by atoms with Crippen LogP contribution in [0.5, 0.6) is 11.5 Å². The minimum Gasteiger partial charge on any atom is -0.457 e. The molecule has 0 bridgehead atoms. The quantitative estimate of drug-likeness (QED) is 0.195. The van der Waals surface area contributed by atoms with Gasteiger partial charge in [-0.05, 0) is 52.6 Å².